The normalized spacial score (nSPS) is 20.3. The van der Waals surface area contributed by atoms with Crippen molar-refractivity contribution in [3.05, 3.63) is 65.7 Å². The smallest absolute Gasteiger partial charge is 0.406 e. The van der Waals surface area contributed by atoms with Crippen molar-refractivity contribution in [2.24, 2.45) is 11.3 Å². The molecule has 2 aromatic rings. The van der Waals surface area contributed by atoms with Crippen molar-refractivity contribution in [3.8, 4) is 5.75 Å². The lowest BCUT2D eigenvalue weighted by molar-refractivity contribution is -0.274. The van der Waals surface area contributed by atoms with Gasteiger partial charge in [0.25, 0.3) is 0 Å². The fourth-order valence-corrected chi connectivity index (χ4v) is 6.00. The van der Waals surface area contributed by atoms with E-state index in [1.807, 2.05) is 40.1 Å². The number of carbonyl (C=O) groups excluding carboxylic acids is 2. The Hall–Kier alpha value is -3.07. The van der Waals surface area contributed by atoms with Crippen LogP contribution in [0, 0.1) is 11.3 Å². The largest absolute Gasteiger partial charge is 0.573 e. The number of rotatable bonds is 6. The van der Waals surface area contributed by atoms with Gasteiger partial charge in [-0.15, -0.1) is 13.2 Å². The lowest BCUT2D eigenvalue weighted by atomic mass is 9.82. The second kappa shape index (κ2) is 12.2. The minimum Gasteiger partial charge on any atom is -0.406 e. The third-order valence-electron chi connectivity index (χ3n) is 8.16. The third-order valence-corrected chi connectivity index (χ3v) is 8.16. The standard InChI is InChI=1S/C31H40F3N3O3/c1-22(38)35-16-14-23(15-17-35)20-28(39)37-19-18-36(21-27(37)30(2,3)4)29(24-8-6-5-7-9-24)25-10-12-26(13-11-25)40-31(32,33)34/h5-13,23,27,29H,14-21H2,1-4H3/t27-,29-/m1/s1. The predicted octanol–water partition coefficient (Wildman–Crippen LogP) is 5.88. The number of nitrogens with zero attached hydrogens (tertiary/aromatic N) is 3. The van der Waals surface area contributed by atoms with Crippen molar-refractivity contribution in [3.63, 3.8) is 0 Å². The van der Waals surface area contributed by atoms with Crippen LogP contribution in [0.2, 0.25) is 0 Å². The molecule has 2 atom stereocenters. The first-order chi connectivity index (χ1) is 18.8. The zero-order chi connectivity index (χ0) is 29.1. The van der Waals surface area contributed by atoms with Crippen LogP contribution in [0.3, 0.4) is 0 Å². The van der Waals surface area contributed by atoms with Gasteiger partial charge in [-0.3, -0.25) is 14.5 Å². The van der Waals surface area contributed by atoms with Crippen LogP contribution in [-0.2, 0) is 9.59 Å². The summed E-state index contributed by atoms with van der Waals surface area (Å²) in [7, 11) is 0. The Morgan fingerprint density at radius 1 is 0.900 bits per heavy atom. The van der Waals surface area contributed by atoms with E-state index in [1.54, 1.807) is 19.1 Å². The summed E-state index contributed by atoms with van der Waals surface area (Å²) in [5.74, 6) is 0.270. The molecule has 0 unspecified atom stereocenters. The number of piperidine rings is 1. The van der Waals surface area contributed by atoms with Crippen LogP contribution in [0.5, 0.6) is 5.75 Å². The first-order valence-electron chi connectivity index (χ1n) is 14.0. The van der Waals surface area contributed by atoms with E-state index >= 15 is 0 Å². The van der Waals surface area contributed by atoms with Gasteiger partial charge in [0.2, 0.25) is 11.8 Å². The summed E-state index contributed by atoms with van der Waals surface area (Å²) in [6.07, 6.45) is -2.57. The maximum atomic E-state index is 13.6. The molecule has 2 aliphatic heterocycles. The summed E-state index contributed by atoms with van der Waals surface area (Å²) in [5, 5.41) is 0. The predicted molar refractivity (Wildman–Crippen MR) is 148 cm³/mol. The van der Waals surface area contributed by atoms with Gasteiger partial charge >= 0.3 is 6.36 Å². The number of hydrogen-bond acceptors (Lipinski definition) is 4. The second-order valence-corrected chi connectivity index (χ2v) is 12.0. The highest BCUT2D eigenvalue weighted by molar-refractivity contribution is 5.77. The summed E-state index contributed by atoms with van der Waals surface area (Å²) in [6, 6.07) is 15.8. The van der Waals surface area contributed by atoms with Crippen molar-refractivity contribution in [1.29, 1.82) is 0 Å². The second-order valence-electron chi connectivity index (χ2n) is 12.0. The number of halogens is 3. The summed E-state index contributed by atoms with van der Waals surface area (Å²) in [5.41, 5.74) is 1.72. The number of ether oxygens (including phenoxy) is 1. The van der Waals surface area contributed by atoms with E-state index in [2.05, 4.69) is 30.4 Å². The van der Waals surface area contributed by atoms with Gasteiger partial charge in [0.15, 0.2) is 0 Å². The minimum atomic E-state index is -4.74. The molecule has 2 fully saturated rings. The molecule has 4 rings (SSSR count). The molecule has 2 heterocycles. The maximum absolute atomic E-state index is 13.6. The van der Waals surface area contributed by atoms with Crippen molar-refractivity contribution >= 4 is 11.8 Å². The molecule has 6 nitrogen and oxygen atoms in total. The molecule has 0 bridgehead atoms. The van der Waals surface area contributed by atoms with E-state index in [0.29, 0.717) is 39.1 Å². The van der Waals surface area contributed by atoms with Gasteiger partial charge < -0.3 is 14.5 Å². The summed E-state index contributed by atoms with van der Waals surface area (Å²) in [6.45, 7) is 11.3. The lowest BCUT2D eigenvalue weighted by Crippen LogP contribution is -2.60. The summed E-state index contributed by atoms with van der Waals surface area (Å²) >= 11 is 0. The van der Waals surface area contributed by atoms with Crippen LogP contribution in [0.25, 0.3) is 0 Å². The average molecular weight is 560 g/mol. The Kier molecular flexibility index (Phi) is 9.12. The molecule has 218 valence electrons. The summed E-state index contributed by atoms with van der Waals surface area (Å²) < 4.78 is 42.3. The van der Waals surface area contributed by atoms with Gasteiger partial charge in [0.05, 0.1) is 6.04 Å². The van der Waals surface area contributed by atoms with Gasteiger partial charge in [-0.25, -0.2) is 0 Å². The molecule has 2 saturated heterocycles. The maximum Gasteiger partial charge on any atom is 0.573 e. The van der Waals surface area contributed by atoms with Crippen molar-refractivity contribution < 1.29 is 27.5 Å². The number of alkyl halides is 3. The van der Waals surface area contributed by atoms with Crippen LogP contribution in [0.4, 0.5) is 13.2 Å². The third kappa shape index (κ3) is 7.56. The summed E-state index contributed by atoms with van der Waals surface area (Å²) in [4.78, 5) is 31.5. The van der Waals surface area contributed by atoms with Crippen molar-refractivity contribution in [2.45, 2.75) is 65.4 Å². The van der Waals surface area contributed by atoms with E-state index in [9.17, 15) is 22.8 Å². The Bertz CT molecular complexity index is 1140. The number of benzene rings is 2. The number of carbonyl (C=O) groups is 2. The van der Waals surface area contributed by atoms with Crippen LogP contribution in [-0.4, -0.2) is 71.6 Å². The van der Waals surface area contributed by atoms with Crippen LogP contribution in [0.1, 0.15) is 64.1 Å². The molecule has 0 aliphatic carbocycles. The van der Waals surface area contributed by atoms with Gasteiger partial charge in [-0.05, 0) is 47.4 Å². The molecule has 40 heavy (non-hydrogen) atoms. The van der Waals surface area contributed by atoms with E-state index in [4.69, 9.17) is 0 Å². The van der Waals surface area contributed by atoms with Gasteiger partial charge in [-0.2, -0.15) is 0 Å². The number of piperazine rings is 1. The molecule has 9 heteroatoms. The van der Waals surface area contributed by atoms with E-state index in [1.165, 1.54) is 12.1 Å². The van der Waals surface area contributed by atoms with Crippen LogP contribution < -0.4 is 4.74 Å². The Labute approximate surface area is 235 Å². The van der Waals surface area contributed by atoms with Crippen LogP contribution >= 0.6 is 0 Å². The quantitative estimate of drug-likeness (QED) is 0.444. The molecule has 0 radical (unpaired) electrons. The van der Waals surface area contributed by atoms with Crippen molar-refractivity contribution in [2.75, 3.05) is 32.7 Å². The SMILES string of the molecule is CC(=O)N1CCC(CC(=O)N2CCN([C@H](c3ccccc3)c3ccc(OC(F)(F)F)cc3)C[C@@H]2C(C)(C)C)CC1. The zero-order valence-corrected chi connectivity index (χ0v) is 23.8. The van der Waals surface area contributed by atoms with E-state index < -0.39 is 6.36 Å². The first kappa shape index (κ1) is 29.9. The fraction of sp³-hybridized carbons (Fsp3) is 0.548. The topological polar surface area (TPSA) is 53.1 Å². The van der Waals surface area contributed by atoms with E-state index in [-0.39, 0.29) is 41.0 Å². The van der Waals surface area contributed by atoms with Gasteiger partial charge in [-0.1, -0.05) is 63.2 Å². The molecule has 0 aromatic heterocycles. The van der Waals surface area contributed by atoms with Gasteiger partial charge in [0, 0.05) is 52.1 Å². The highest BCUT2D eigenvalue weighted by Crippen LogP contribution is 2.36. The minimum absolute atomic E-state index is 0.0369. The number of likely N-dealkylation sites (tertiary alicyclic amines) is 1. The molecule has 2 aliphatic rings. The molecular formula is C31H40F3N3O3. The Balaban J connectivity index is 1.53. The monoisotopic (exact) mass is 559 g/mol. The molecular weight excluding hydrogens is 519 g/mol. The molecule has 0 spiro atoms. The highest BCUT2D eigenvalue weighted by Gasteiger charge is 2.41. The van der Waals surface area contributed by atoms with Gasteiger partial charge in [0.1, 0.15) is 5.75 Å². The average Bonchev–Trinajstić information content (AvgIpc) is 2.89. The zero-order valence-electron chi connectivity index (χ0n) is 23.8. The number of amides is 2. The molecule has 0 saturated carbocycles. The first-order valence-corrected chi connectivity index (χ1v) is 14.0. The molecule has 0 N–H and O–H groups in total. The van der Waals surface area contributed by atoms with Crippen molar-refractivity contribution in [1.82, 2.24) is 14.7 Å². The number of hydrogen-bond donors (Lipinski definition) is 0. The Morgan fingerprint density at radius 2 is 1.50 bits per heavy atom. The van der Waals surface area contributed by atoms with E-state index in [0.717, 1.165) is 24.0 Å². The van der Waals surface area contributed by atoms with Crippen LogP contribution in [0.15, 0.2) is 54.6 Å². The molecule has 2 amide bonds. The molecule has 2 aromatic carbocycles. The fourth-order valence-electron chi connectivity index (χ4n) is 6.00. The highest BCUT2D eigenvalue weighted by atomic mass is 19.4. The Morgan fingerprint density at radius 3 is 2.05 bits per heavy atom. The lowest BCUT2D eigenvalue weighted by Gasteiger charge is -2.50.